The third-order valence-electron chi connectivity index (χ3n) is 3.29. The van der Waals surface area contributed by atoms with Gasteiger partial charge < -0.3 is 4.42 Å². The highest BCUT2D eigenvalue weighted by Crippen LogP contribution is 2.28. The fourth-order valence-electron chi connectivity index (χ4n) is 2.03. The molecule has 3 rings (SSSR count). The van der Waals surface area contributed by atoms with Gasteiger partial charge in [0, 0.05) is 15.5 Å². The van der Waals surface area contributed by atoms with Crippen LogP contribution in [0.25, 0.3) is 0 Å². The van der Waals surface area contributed by atoms with Gasteiger partial charge in [0.2, 0.25) is 0 Å². The maximum Gasteiger partial charge on any atom is 0.271 e. The van der Waals surface area contributed by atoms with Crippen molar-refractivity contribution in [2.45, 2.75) is 16.9 Å². The molecule has 0 atom stereocenters. The van der Waals surface area contributed by atoms with Gasteiger partial charge in [-0.3, -0.25) is 4.79 Å². The molecule has 0 aliphatic heterocycles. The number of rotatable bonds is 5. The molecule has 0 spiro atoms. The maximum absolute atomic E-state index is 11.9. The Morgan fingerprint density at radius 3 is 2.72 bits per heavy atom. The summed E-state index contributed by atoms with van der Waals surface area (Å²) in [4.78, 5) is 13.0. The van der Waals surface area contributed by atoms with E-state index in [1.807, 2.05) is 25.1 Å². The molecule has 126 valence electrons. The molecule has 2 aromatic carbocycles. The number of amides is 1. The molecule has 1 amide bonds. The van der Waals surface area contributed by atoms with Gasteiger partial charge >= 0.3 is 0 Å². The fourth-order valence-corrected chi connectivity index (χ4v) is 3.00. The molecule has 0 saturated carbocycles. The number of furan rings is 1. The predicted molar refractivity (Wildman–Crippen MR) is 101 cm³/mol. The second-order valence-corrected chi connectivity index (χ2v) is 6.80. The molecule has 0 radical (unpaired) electrons. The molecule has 1 heterocycles. The second kappa shape index (κ2) is 8.05. The van der Waals surface area contributed by atoms with E-state index in [-0.39, 0.29) is 5.91 Å². The number of nitrogens with zero attached hydrogens (tertiary/aromatic N) is 1. The van der Waals surface area contributed by atoms with Crippen LogP contribution in [0.15, 0.2) is 80.2 Å². The Morgan fingerprint density at radius 2 is 1.96 bits per heavy atom. The number of benzene rings is 2. The van der Waals surface area contributed by atoms with Crippen LogP contribution < -0.4 is 5.43 Å². The predicted octanol–water partition coefficient (Wildman–Crippen LogP) is 5.16. The normalized spacial score (nSPS) is 11.0. The van der Waals surface area contributed by atoms with E-state index in [0.717, 1.165) is 9.99 Å². The molecule has 1 N–H and O–H groups in total. The van der Waals surface area contributed by atoms with Gasteiger partial charge in [-0.25, -0.2) is 5.43 Å². The minimum absolute atomic E-state index is 0.334. The summed E-state index contributed by atoms with van der Waals surface area (Å²) in [5, 5.41) is 5.17. The number of carbonyl (C=O) groups is 1. The summed E-state index contributed by atoms with van der Waals surface area (Å²) < 4.78 is 5.67. The van der Waals surface area contributed by atoms with Crippen molar-refractivity contribution < 1.29 is 9.21 Å². The highest BCUT2D eigenvalue weighted by molar-refractivity contribution is 7.99. The smallest absolute Gasteiger partial charge is 0.271 e. The Bertz CT molecular complexity index is 904. The largest absolute Gasteiger partial charge is 0.448 e. The molecule has 1 aromatic heterocycles. The fraction of sp³-hybridized carbons (Fsp3) is 0.0526. The van der Waals surface area contributed by atoms with Crippen LogP contribution in [0.3, 0.4) is 0 Å². The van der Waals surface area contributed by atoms with Crippen molar-refractivity contribution in [2.75, 3.05) is 0 Å². The zero-order chi connectivity index (χ0) is 17.6. The van der Waals surface area contributed by atoms with Gasteiger partial charge in [0.25, 0.3) is 5.91 Å². The molecule has 0 aliphatic rings. The van der Waals surface area contributed by atoms with Crippen molar-refractivity contribution in [3.8, 4) is 0 Å². The van der Waals surface area contributed by atoms with Crippen LogP contribution in [0.4, 0.5) is 0 Å². The van der Waals surface area contributed by atoms with Crippen molar-refractivity contribution in [3.63, 3.8) is 0 Å². The van der Waals surface area contributed by atoms with E-state index in [0.29, 0.717) is 16.3 Å². The van der Waals surface area contributed by atoms with Crippen LogP contribution in [-0.2, 0) is 0 Å². The second-order valence-electron chi connectivity index (χ2n) is 5.28. The van der Waals surface area contributed by atoms with Gasteiger partial charge in [-0.15, -0.1) is 0 Å². The van der Waals surface area contributed by atoms with Crippen LogP contribution in [0.5, 0.6) is 0 Å². The van der Waals surface area contributed by atoms with Crippen molar-refractivity contribution >= 4 is 35.5 Å². The van der Waals surface area contributed by atoms with Gasteiger partial charge in [-0.1, -0.05) is 47.1 Å². The quantitative estimate of drug-likeness (QED) is 0.498. The lowest BCUT2D eigenvalue weighted by Crippen LogP contribution is -2.17. The minimum atomic E-state index is -0.334. The summed E-state index contributed by atoms with van der Waals surface area (Å²) in [6.45, 7) is 2.05. The van der Waals surface area contributed by atoms with E-state index in [2.05, 4.69) is 22.7 Å². The molecule has 0 aliphatic carbocycles. The molecule has 0 fully saturated rings. The van der Waals surface area contributed by atoms with E-state index >= 15 is 0 Å². The lowest BCUT2D eigenvalue weighted by molar-refractivity contribution is 0.0955. The van der Waals surface area contributed by atoms with E-state index < -0.39 is 0 Å². The number of halogens is 1. The zero-order valence-electron chi connectivity index (χ0n) is 13.4. The summed E-state index contributed by atoms with van der Waals surface area (Å²) in [5.41, 5.74) is 4.10. The van der Waals surface area contributed by atoms with Crippen molar-refractivity contribution in [2.24, 2.45) is 5.10 Å². The summed E-state index contributed by atoms with van der Waals surface area (Å²) in [6.07, 6.45) is 1.46. The lowest BCUT2D eigenvalue weighted by Gasteiger charge is -1.99. The molecular formula is C19H15ClN2O2S. The molecule has 3 aromatic rings. The third kappa shape index (κ3) is 4.98. The molecule has 25 heavy (non-hydrogen) atoms. The number of aryl methyl sites for hydroxylation is 1. The summed E-state index contributed by atoms with van der Waals surface area (Å²) in [7, 11) is 0. The number of hydrogen-bond donors (Lipinski definition) is 1. The molecule has 6 heteroatoms. The van der Waals surface area contributed by atoms with Gasteiger partial charge in [-0.2, -0.15) is 5.10 Å². The average molecular weight is 371 g/mol. The average Bonchev–Trinajstić information content (AvgIpc) is 3.04. The van der Waals surface area contributed by atoms with Gasteiger partial charge in [0.15, 0.2) is 5.09 Å². The highest BCUT2D eigenvalue weighted by Gasteiger charge is 2.05. The topological polar surface area (TPSA) is 54.6 Å². The van der Waals surface area contributed by atoms with Crippen molar-refractivity contribution in [1.82, 2.24) is 5.43 Å². The Balaban J connectivity index is 1.58. The monoisotopic (exact) mass is 370 g/mol. The molecular weight excluding hydrogens is 356 g/mol. The maximum atomic E-state index is 11.9. The van der Waals surface area contributed by atoms with Crippen LogP contribution in [0.1, 0.15) is 21.7 Å². The molecule has 0 unspecified atom stereocenters. The van der Waals surface area contributed by atoms with Crippen LogP contribution in [-0.4, -0.2) is 12.1 Å². The van der Waals surface area contributed by atoms with Crippen LogP contribution in [0.2, 0.25) is 5.02 Å². The SMILES string of the molecule is Cc1ccc(Sc2ccc(/C=N/NC(=O)c3cccc(Cl)c3)o2)cc1. The zero-order valence-corrected chi connectivity index (χ0v) is 15.0. The minimum Gasteiger partial charge on any atom is -0.448 e. The Labute approximate surface area is 154 Å². The Morgan fingerprint density at radius 1 is 1.16 bits per heavy atom. The molecule has 4 nitrogen and oxygen atoms in total. The lowest BCUT2D eigenvalue weighted by atomic mass is 10.2. The van der Waals surface area contributed by atoms with E-state index in [1.165, 1.54) is 23.5 Å². The summed E-state index contributed by atoms with van der Waals surface area (Å²) >= 11 is 7.39. The first kappa shape index (κ1) is 17.3. The van der Waals surface area contributed by atoms with Gasteiger partial charge in [0.1, 0.15) is 5.76 Å². The standard InChI is InChI=1S/C19H15ClN2O2S/c1-13-5-8-17(9-6-13)25-18-10-7-16(24-18)12-21-22-19(23)14-3-2-4-15(20)11-14/h2-12H,1H3,(H,22,23)/b21-12+. The van der Waals surface area contributed by atoms with E-state index in [1.54, 1.807) is 30.3 Å². The molecule has 0 saturated heterocycles. The Hall–Kier alpha value is -2.50. The van der Waals surface area contributed by atoms with Crippen molar-refractivity contribution in [3.05, 3.63) is 82.6 Å². The number of hydrazone groups is 1. The number of hydrogen-bond acceptors (Lipinski definition) is 4. The first-order chi connectivity index (χ1) is 12.1. The Kier molecular flexibility index (Phi) is 5.58. The highest BCUT2D eigenvalue weighted by atomic mass is 35.5. The van der Waals surface area contributed by atoms with E-state index in [9.17, 15) is 4.79 Å². The number of carbonyl (C=O) groups excluding carboxylic acids is 1. The third-order valence-corrected chi connectivity index (χ3v) is 4.45. The summed E-state index contributed by atoms with van der Waals surface area (Å²) in [6, 6.07) is 18.5. The first-order valence-electron chi connectivity index (χ1n) is 7.53. The van der Waals surface area contributed by atoms with E-state index in [4.69, 9.17) is 16.0 Å². The first-order valence-corrected chi connectivity index (χ1v) is 8.73. The van der Waals surface area contributed by atoms with Crippen molar-refractivity contribution in [1.29, 1.82) is 0 Å². The van der Waals surface area contributed by atoms with Gasteiger partial charge in [-0.05, 0) is 49.4 Å². The summed E-state index contributed by atoms with van der Waals surface area (Å²) in [5.74, 6) is 0.223. The molecule has 0 bridgehead atoms. The van der Waals surface area contributed by atoms with Crippen LogP contribution >= 0.6 is 23.4 Å². The van der Waals surface area contributed by atoms with Gasteiger partial charge in [0.05, 0.1) is 6.21 Å². The number of nitrogens with one attached hydrogen (secondary N) is 1. The van der Waals surface area contributed by atoms with Crippen LogP contribution in [0, 0.1) is 6.92 Å².